The summed E-state index contributed by atoms with van der Waals surface area (Å²) < 4.78 is 8.51. The van der Waals surface area contributed by atoms with Gasteiger partial charge in [0, 0.05) is 77.2 Å². The summed E-state index contributed by atoms with van der Waals surface area (Å²) >= 11 is 1.45. The number of carboxylic acids is 1. The molecule has 1 aliphatic rings. The van der Waals surface area contributed by atoms with Gasteiger partial charge in [-0.05, 0) is 58.1 Å². The average molecular weight is 738 g/mol. The van der Waals surface area contributed by atoms with E-state index in [1.54, 1.807) is 18.3 Å². The molecule has 1 aliphatic heterocycles. The van der Waals surface area contributed by atoms with E-state index in [4.69, 9.17) is 9.72 Å². The van der Waals surface area contributed by atoms with Crippen molar-refractivity contribution in [2.45, 2.75) is 53.1 Å². The summed E-state index contributed by atoms with van der Waals surface area (Å²) in [5.41, 5.74) is 3.38. The van der Waals surface area contributed by atoms with E-state index < -0.39 is 11.4 Å². The van der Waals surface area contributed by atoms with Crippen LogP contribution >= 0.6 is 11.3 Å². The molecule has 1 atom stereocenters. The molecule has 3 aromatic heterocycles. The summed E-state index contributed by atoms with van der Waals surface area (Å²) in [6.45, 7) is 13.9. The number of ether oxygens (including phenoxy) is 1. The number of anilines is 1. The number of carboxylic acid groups (broad SMARTS) is 1. The molecule has 0 aliphatic carbocycles. The maximum atomic E-state index is 14.0. The number of carbonyl (C=O) groups is 2. The van der Waals surface area contributed by atoms with E-state index in [1.807, 2.05) is 53.3 Å². The number of likely N-dealkylation sites (tertiary alicyclic amines) is 1. The number of nitrogens with zero attached hydrogens (tertiary/aromatic N) is 5. The van der Waals surface area contributed by atoms with Crippen LogP contribution in [-0.2, 0) is 6.54 Å². The third-order valence-electron chi connectivity index (χ3n) is 9.86. The number of thiazole rings is 1. The van der Waals surface area contributed by atoms with E-state index >= 15 is 0 Å². The molecule has 5 aromatic rings. The van der Waals surface area contributed by atoms with E-state index in [2.05, 4.69) is 46.2 Å². The van der Waals surface area contributed by atoms with E-state index in [-0.39, 0.29) is 23.0 Å². The predicted molar refractivity (Wildman–Crippen MR) is 211 cm³/mol. The van der Waals surface area contributed by atoms with Gasteiger partial charge in [-0.25, -0.2) is 19.6 Å². The average Bonchev–Trinajstić information content (AvgIpc) is 3.85. The summed E-state index contributed by atoms with van der Waals surface area (Å²) in [5, 5.41) is 18.7. The van der Waals surface area contributed by atoms with Crippen LogP contribution in [0.1, 0.15) is 50.9 Å². The van der Waals surface area contributed by atoms with Crippen molar-refractivity contribution in [2.75, 3.05) is 51.2 Å². The van der Waals surface area contributed by atoms with Crippen molar-refractivity contribution in [3.8, 4) is 38.7 Å². The second-order valence-corrected chi connectivity index (χ2v) is 13.9. The van der Waals surface area contributed by atoms with Crippen LogP contribution in [0, 0.1) is 0 Å². The summed E-state index contributed by atoms with van der Waals surface area (Å²) in [5.74, 6) is -0.416. The molecule has 0 spiro atoms. The fourth-order valence-corrected chi connectivity index (χ4v) is 7.86. The Labute approximate surface area is 313 Å². The van der Waals surface area contributed by atoms with Crippen LogP contribution in [0.3, 0.4) is 0 Å². The number of benzene rings is 2. The van der Waals surface area contributed by atoms with Crippen LogP contribution in [0.5, 0.6) is 5.75 Å². The number of carbonyl (C=O) groups excluding carboxylic acids is 1. The van der Waals surface area contributed by atoms with E-state index in [1.165, 1.54) is 17.5 Å². The molecule has 0 unspecified atom stereocenters. The molecule has 53 heavy (non-hydrogen) atoms. The van der Waals surface area contributed by atoms with Crippen LogP contribution in [0.2, 0.25) is 0 Å². The van der Waals surface area contributed by atoms with Gasteiger partial charge < -0.3 is 24.6 Å². The van der Waals surface area contributed by atoms with Gasteiger partial charge in [-0.3, -0.25) is 15.0 Å². The van der Waals surface area contributed by atoms with Crippen LogP contribution < -0.4 is 20.8 Å². The first-order valence-electron chi connectivity index (χ1n) is 18.3. The zero-order valence-corrected chi connectivity index (χ0v) is 31.5. The van der Waals surface area contributed by atoms with Gasteiger partial charge in [0.2, 0.25) is 5.43 Å². The molecule has 6 rings (SSSR count). The standard InChI is InChI=1S/C40H47N7O5S/c1-5-41-40(51)44-36-20-29(38-43-33(25-53-38)26-13-10-9-11-14-26)31(22-42-36)28-19-30-34(21-35(28)52-18-17-45(6-2)7-3)47(24-32(37(30)48)39(49)50)23-27-15-12-16-46(27)8-4/h9-11,13-14,19-22,24-25,27H,5-8,12,15-18,23H2,1-4H3,(H,49,50)(H2,41,42,44,51)/t27-/m0/s1. The molecule has 278 valence electrons. The van der Waals surface area contributed by atoms with Crippen molar-refractivity contribution < 1.29 is 19.4 Å². The normalized spacial score (nSPS) is 14.5. The van der Waals surface area contributed by atoms with Crippen molar-refractivity contribution in [3.63, 3.8) is 0 Å². The number of nitrogens with one attached hydrogen (secondary N) is 2. The summed E-state index contributed by atoms with van der Waals surface area (Å²) in [6.07, 6.45) is 5.18. The maximum Gasteiger partial charge on any atom is 0.341 e. The summed E-state index contributed by atoms with van der Waals surface area (Å²) in [4.78, 5) is 53.3. The second kappa shape index (κ2) is 17.1. The predicted octanol–water partition coefficient (Wildman–Crippen LogP) is 6.90. The Balaban J connectivity index is 1.56. The van der Waals surface area contributed by atoms with Gasteiger partial charge in [0.05, 0.1) is 11.2 Å². The largest absolute Gasteiger partial charge is 0.492 e. The number of urea groups is 1. The second-order valence-electron chi connectivity index (χ2n) is 13.0. The van der Waals surface area contributed by atoms with Gasteiger partial charge in [-0.2, -0.15) is 0 Å². The van der Waals surface area contributed by atoms with Crippen LogP contribution in [0.25, 0.3) is 43.9 Å². The highest BCUT2D eigenvalue weighted by molar-refractivity contribution is 7.13. The molecule has 12 nitrogen and oxygen atoms in total. The Morgan fingerprint density at radius 2 is 1.85 bits per heavy atom. The lowest BCUT2D eigenvalue weighted by atomic mass is 9.97. The molecule has 2 amide bonds. The SMILES string of the molecule is CCNC(=O)Nc1cc(-c2nc(-c3ccccc3)cs2)c(-c2cc3c(=O)c(C(=O)O)cn(C[C@@H]4CCCN4CC)c3cc2OCCN(CC)CC)cn1. The number of aromatic carboxylic acids is 1. The van der Waals surface area contributed by atoms with Gasteiger partial charge >= 0.3 is 12.0 Å². The van der Waals surface area contributed by atoms with Crippen LogP contribution in [0.4, 0.5) is 10.6 Å². The summed E-state index contributed by atoms with van der Waals surface area (Å²) in [6, 6.07) is 15.1. The van der Waals surface area contributed by atoms with E-state index in [0.29, 0.717) is 65.0 Å². The highest BCUT2D eigenvalue weighted by atomic mass is 32.1. The number of hydrogen-bond acceptors (Lipinski definition) is 9. The fraction of sp³-hybridized carbons (Fsp3) is 0.375. The molecule has 0 bridgehead atoms. The van der Waals surface area contributed by atoms with E-state index in [9.17, 15) is 19.5 Å². The third kappa shape index (κ3) is 8.43. The Morgan fingerprint density at radius 3 is 2.57 bits per heavy atom. The first-order chi connectivity index (χ1) is 25.7. The lowest BCUT2D eigenvalue weighted by Crippen LogP contribution is -2.33. The number of fused-ring (bicyclic) bond motifs is 1. The van der Waals surface area contributed by atoms with Crippen LogP contribution in [-0.4, -0.2) is 93.4 Å². The van der Waals surface area contributed by atoms with Crippen LogP contribution in [0.15, 0.2) is 71.1 Å². The molecule has 0 saturated carbocycles. The first kappa shape index (κ1) is 37.6. The number of hydrogen-bond donors (Lipinski definition) is 3. The minimum Gasteiger partial charge on any atom is -0.492 e. The monoisotopic (exact) mass is 737 g/mol. The van der Waals surface area contributed by atoms with Gasteiger partial charge in [0.15, 0.2) is 0 Å². The molecule has 3 N–H and O–H groups in total. The maximum absolute atomic E-state index is 14.0. The molecule has 1 saturated heterocycles. The Bertz CT molecular complexity index is 2130. The number of rotatable bonds is 15. The molecular weight excluding hydrogens is 691 g/mol. The minimum atomic E-state index is -1.27. The zero-order chi connectivity index (χ0) is 37.5. The molecule has 2 aromatic carbocycles. The van der Waals surface area contributed by atoms with Crippen molar-refractivity contribution >= 4 is 40.1 Å². The fourth-order valence-electron chi connectivity index (χ4n) is 7.00. The van der Waals surface area contributed by atoms with Gasteiger partial charge in [-0.15, -0.1) is 11.3 Å². The highest BCUT2D eigenvalue weighted by Gasteiger charge is 2.26. The molecular formula is C40H47N7O5S. The first-order valence-corrected chi connectivity index (χ1v) is 19.2. The van der Waals surface area contributed by atoms with Gasteiger partial charge in [0.25, 0.3) is 0 Å². The number of pyridine rings is 2. The molecule has 1 fully saturated rings. The Hall–Kier alpha value is -5.11. The van der Waals surface area contributed by atoms with Gasteiger partial charge in [0.1, 0.15) is 28.7 Å². The Morgan fingerprint density at radius 1 is 1.06 bits per heavy atom. The minimum absolute atomic E-state index is 0.212. The van der Waals surface area contributed by atoms with E-state index in [0.717, 1.165) is 50.3 Å². The Kier molecular flexibility index (Phi) is 12.2. The highest BCUT2D eigenvalue weighted by Crippen LogP contribution is 2.42. The van der Waals surface area contributed by atoms with Crippen molar-refractivity contribution in [3.05, 3.63) is 82.1 Å². The number of likely N-dealkylation sites (N-methyl/N-ethyl adjacent to an activating group) is 2. The zero-order valence-electron chi connectivity index (χ0n) is 30.7. The summed E-state index contributed by atoms with van der Waals surface area (Å²) in [7, 11) is 0. The van der Waals surface area contributed by atoms with Crippen molar-refractivity contribution in [1.82, 2.24) is 29.7 Å². The molecule has 4 heterocycles. The van der Waals surface area contributed by atoms with Crippen molar-refractivity contribution in [1.29, 1.82) is 0 Å². The van der Waals surface area contributed by atoms with Crippen molar-refractivity contribution in [2.24, 2.45) is 0 Å². The number of aromatic nitrogens is 3. The third-order valence-corrected chi connectivity index (χ3v) is 10.7. The smallest absolute Gasteiger partial charge is 0.341 e. The molecule has 0 radical (unpaired) electrons. The topological polar surface area (TPSA) is 142 Å². The van der Waals surface area contributed by atoms with Gasteiger partial charge in [-0.1, -0.05) is 51.1 Å². The quantitative estimate of drug-likeness (QED) is 0.105. The lowest BCUT2D eigenvalue weighted by molar-refractivity contribution is 0.0694. The lowest BCUT2D eigenvalue weighted by Gasteiger charge is -2.25. The molecule has 13 heteroatoms. The number of amides is 2.